The molecule has 21 heavy (non-hydrogen) atoms. The molecule has 0 fully saturated rings. The van der Waals surface area contributed by atoms with E-state index >= 15 is 0 Å². The van der Waals surface area contributed by atoms with Crippen LogP contribution in [-0.2, 0) is 4.79 Å². The van der Waals surface area contributed by atoms with Crippen LogP contribution in [0.15, 0.2) is 24.3 Å². The Balaban J connectivity index is 3.15. The standard InChI is InChI=1S/C18H26N2O/c1-5-12-18(14-19,13-6-2)17(21)20(7-3)16-10-8-15(4)9-11-16/h8-11H,5-7,12-13H2,1-4H3. The lowest BCUT2D eigenvalue weighted by atomic mass is 9.79. The first kappa shape index (κ1) is 17.2. The summed E-state index contributed by atoms with van der Waals surface area (Å²) in [5, 5.41) is 9.65. The molecule has 0 aromatic heterocycles. The molecular formula is C18H26N2O. The smallest absolute Gasteiger partial charge is 0.247 e. The molecule has 0 radical (unpaired) electrons. The number of hydrogen-bond acceptors (Lipinski definition) is 2. The molecule has 0 atom stereocenters. The van der Waals surface area contributed by atoms with E-state index in [1.165, 1.54) is 0 Å². The minimum absolute atomic E-state index is 0.0555. The van der Waals surface area contributed by atoms with Gasteiger partial charge in [-0.3, -0.25) is 4.79 Å². The summed E-state index contributed by atoms with van der Waals surface area (Å²) in [5.41, 5.74) is 1.15. The summed E-state index contributed by atoms with van der Waals surface area (Å²) < 4.78 is 0. The largest absolute Gasteiger partial charge is 0.311 e. The van der Waals surface area contributed by atoms with Crippen molar-refractivity contribution in [2.45, 2.75) is 53.4 Å². The zero-order valence-corrected chi connectivity index (χ0v) is 13.6. The van der Waals surface area contributed by atoms with Crippen molar-refractivity contribution in [3.8, 4) is 6.07 Å². The van der Waals surface area contributed by atoms with Crippen molar-refractivity contribution in [3.63, 3.8) is 0 Å². The monoisotopic (exact) mass is 286 g/mol. The third kappa shape index (κ3) is 3.85. The maximum atomic E-state index is 13.0. The van der Waals surface area contributed by atoms with Crippen LogP contribution in [0.1, 0.15) is 52.0 Å². The van der Waals surface area contributed by atoms with E-state index in [2.05, 4.69) is 6.07 Å². The van der Waals surface area contributed by atoms with Crippen LogP contribution in [0.3, 0.4) is 0 Å². The van der Waals surface area contributed by atoms with Gasteiger partial charge in [-0.25, -0.2) is 0 Å². The number of carbonyl (C=O) groups is 1. The molecule has 1 rings (SSSR count). The molecule has 114 valence electrons. The van der Waals surface area contributed by atoms with Gasteiger partial charge in [0, 0.05) is 12.2 Å². The van der Waals surface area contributed by atoms with E-state index in [1.54, 1.807) is 4.90 Å². The van der Waals surface area contributed by atoms with Crippen LogP contribution in [0.2, 0.25) is 0 Å². The molecule has 1 amide bonds. The molecule has 3 heteroatoms. The Bertz CT molecular complexity index is 493. The summed E-state index contributed by atoms with van der Waals surface area (Å²) in [6.45, 7) is 8.61. The maximum Gasteiger partial charge on any atom is 0.247 e. The molecular weight excluding hydrogens is 260 g/mol. The van der Waals surface area contributed by atoms with Crippen LogP contribution in [-0.4, -0.2) is 12.5 Å². The highest BCUT2D eigenvalue weighted by Gasteiger charge is 2.40. The molecule has 1 aromatic rings. The van der Waals surface area contributed by atoms with Gasteiger partial charge < -0.3 is 4.90 Å². The molecule has 0 aliphatic rings. The van der Waals surface area contributed by atoms with Gasteiger partial charge in [-0.05, 0) is 38.8 Å². The summed E-state index contributed by atoms with van der Waals surface area (Å²) in [7, 11) is 0. The highest BCUT2D eigenvalue weighted by molar-refractivity contribution is 5.99. The normalized spacial score (nSPS) is 11.0. The number of amides is 1. The average Bonchev–Trinajstić information content (AvgIpc) is 2.49. The Kier molecular flexibility index (Phi) is 6.42. The number of hydrogen-bond donors (Lipinski definition) is 0. The second kappa shape index (κ2) is 7.83. The molecule has 0 saturated heterocycles. The van der Waals surface area contributed by atoms with Gasteiger partial charge in [-0.1, -0.05) is 44.4 Å². The van der Waals surface area contributed by atoms with Crippen LogP contribution in [0.5, 0.6) is 0 Å². The predicted molar refractivity (Wildman–Crippen MR) is 87.1 cm³/mol. The van der Waals surface area contributed by atoms with Crippen molar-refractivity contribution in [3.05, 3.63) is 29.8 Å². The van der Waals surface area contributed by atoms with Crippen LogP contribution in [0.25, 0.3) is 0 Å². The minimum Gasteiger partial charge on any atom is -0.311 e. The van der Waals surface area contributed by atoms with Gasteiger partial charge >= 0.3 is 0 Å². The molecule has 3 nitrogen and oxygen atoms in total. The number of anilines is 1. The van der Waals surface area contributed by atoms with Crippen molar-refractivity contribution in [1.82, 2.24) is 0 Å². The third-order valence-corrected chi connectivity index (χ3v) is 3.88. The Hall–Kier alpha value is -1.82. The second-order valence-electron chi connectivity index (χ2n) is 5.58. The summed E-state index contributed by atoms with van der Waals surface area (Å²) in [6.07, 6.45) is 2.92. The van der Waals surface area contributed by atoms with Gasteiger partial charge in [-0.2, -0.15) is 5.26 Å². The fourth-order valence-corrected chi connectivity index (χ4v) is 2.78. The lowest BCUT2D eigenvalue weighted by Crippen LogP contribution is -2.43. The van der Waals surface area contributed by atoms with E-state index in [-0.39, 0.29) is 5.91 Å². The van der Waals surface area contributed by atoms with Crippen molar-refractivity contribution < 1.29 is 4.79 Å². The molecule has 1 aromatic carbocycles. The average molecular weight is 286 g/mol. The van der Waals surface area contributed by atoms with Crippen LogP contribution in [0.4, 0.5) is 5.69 Å². The summed E-state index contributed by atoms with van der Waals surface area (Å²) in [6, 6.07) is 10.2. The van der Waals surface area contributed by atoms with Crippen LogP contribution < -0.4 is 4.90 Å². The van der Waals surface area contributed by atoms with Gasteiger partial charge in [0.05, 0.1) is 6.07 Å². The Labute approximate surface area is 128 Å². The zero-order valence-electron chi connectivity index (χ0n) is 13.6. The van der Waals surface area contributed by atoms with Gasteiger partial charge in [0.2, 0.25) is 5.91 Å². The molecule has 0 unspecified atom stereocenters. The van der Waals surface area contributed by atoms with Crippen LogP contribution >= 0.6 is 0 Å². The van der Waals surface area contributed by atoms with E-state index in [9.17, 15) is 10.1 Å². The summed E-state index contributed by atoms with van der Waals surface area (Å²) >= 11 is 0. The van der Waals surface area contributed by atoms with Crippen molar-refractivity contribution in [1.29, 1.82) is 5.26 Å². The van der Waals surface area contributed by atoms with E-state index in [1.807, 2.05) is 52.0 Å². The molecule has 0 aliphatic carbocycles. The number of nitriles is 1. The maximum absolute atomic E-state index is 13.0. The molecule has 0 heterocycles. The Morgan fingerprint density at radius 2 is 1.67 bits per heavy atom. The quantitative estimate of drug-likeness (QED) is 0.743. The molecule has 0 bridgehead atoms. The van der Waals surface area contributed by atoms with Gasteiger partial charge in [0.1, 0.15) is 5.41 Å². The van der Waals surface area contributed by atoms with Crippen LogP contribution in [0, 0.1) is 23.7 Å². The van der Waals surface area contributed by atoms with E-state index in [4.69, 9.17) is 0 Å². The molecule has 0 saturated carbocycles. The minimum atomic E-state index is -0.885. The lowest BCUT2D eigenvalue weighted by Gasteiger charge is -2.32. The van der Waals surface area contributed by atoms with Gasteiger partial charge in [0.25, 0.3) is 0 Å². The van der Waals surface area contributed by atoms with Crippen molar-refractivity contribution in [2.24, 2.45) is 5.41 Å². The Morgan fingerprint density at radius 3 is 2.05 bits per heavy atom. The van der Waals surface area contributed by atoms with E-state index in [0.29, 0.717) is 19.4 Å². The summed E-state index contributed by atoms with van der Waals surface area (Å²) in [4.78, 5) is 14.7. The van der Waals surface area contributed by atoms with Gasteiger partial charge in [-0.15, -0.1) is 0 Å². The van der Waals surface area contributed by atoms with Crippen molar-refractivity contribution >= 4 is 11.6 Å². The van der Waals surface area contributed by atoms with Crippen molar-refractivity contribution in [2.75, 3.05) is 11.4 Å². The first-order valence-corrected chi connectivity index (χ1v) is 7.84. The zero-order chi connectivity index (χ0) is 15.9. The fraction of sp³-hybridized carbons (Fsp3) is 0.556. The molecule has 0 aliphatic heterocycles. The number of aryl methyl sites for hydroxylation is 1. The first-order chi connectivity index (χ1) is 10.0. The first-order valence-electron chi connectivity index (χ1n) is 7.84. The second-order valence-corrected chi connectivity index (χ2v) is 5.58. The molecule has 0 N–H and O–H groups in total. The highest BCUT2D eigenvalue weighted by Crippen LogP contribution is 2.33. The third-order valence-electron chi connectivity index (χ3n) is 3.88. The van der Waals surface area contributed by atoms with E-state index < -0.39 is 5.41 Å². The number of benzene rings is 1. The summed E-state index contributed by atoms with van der Waals surface area (Å²) in [5.74, 6) is -0.0555. The van der Waals surface area contributed by atoms with Gasteiger partial charge in [0.15, 0.2) is 0 Å². The lowest BCUT2D eigenvalue weighted by molar-refractivity contribution is -0.126. The topological polar surface area (TPSA) is 44.1 Å². The molecule has 0 spiro atoms. The number of carbonyl (C=O) groups excluding carboxylic acids is 1. The number of rotatable bonds is 7. The van der Waals surface area contributed by atoms with E-state index in [0.717, 1.165) is 24.1 Å². The fourth-order valence-electron chi connectivity index (χ4n) is 2.78. The predicted octanol–water partition coefficient (Wildman–Crippen LogP) is 4.46. The Morgan fingerprint density at radius 1 is 1.14 bits per heavy atom. The number of nitrogens with zero attached hydrogens (tertiary/aromatic N) is 2. The SMILES string of the molecule is CCCC(C#N)(CCC)C(=O)N(CC)c1ccc(C)cc1. The highest BCUT2D eigenvalue weighted by atomic mass is 16.2.